The molecule has 0 spiro atoms. The van der Waals surface area contributed by atoms with Crippen molar-refractivity contribution in [1.82, 2.24) is 10.6 Å². The van der Waals surface area contributed by atoms with Gasteiger partial charge in [-0.15, -0.1) is 0 Å². The second kappa shape index (κ2) is 20.3. The van der Waals surface area contributed by atoms with Crippen LogP contribution < -0.4 is 10.6 Å². The quantitative estimate of drug-likeness (QED) is 0.140. The van der Waals surface area contributed by atoms with Crippen molar-refractivity contribution in [3.05, 3.63) is 60.3 Å². The fourth-order valence-corrected chi connectivity index (χ4v) is 5.18. The van der Waals surface area contributed by atoms with Crippen molar-refractivity contribution in [2.24, 2.45) is 23.7 Å². The number of ether oxygens (including phenoxy) is 2. The van der Waals surface area contributed by atoms with Gasteiger partial charge < -0.3 is 20.1 Å². The minimum Gasteiger partial charge on any atom is -0.373 e. The standard InChI is InChI=1S/C19H31NO2.C18H29NO3/c1-7-14(4)9-10-18-15(5)12-17(16(6)22-18)20-19(21)11-8-13(2)3;1-12(2)6-9-18(21)19-16-10-14(4)17(22-15(16)5)8-7-13(3)11-20/h7-9,11,13,15-18H,1,10,12H2,2-6H3,(H,20,21);6-7,9,11-12,14-17H,8,10H2,1-5H3,(H,19,21)/b11-8-,14-9+;9-6-,13-7+/t15-,16+,17+,18-;14-,15+,16+,17-/m00/s1. The van der Waals surface area contributed by atoms with E-state index in [-0.39, 0.29) is 48.3 Å². The number of aldehydes is 1. The van der Waals surface area contributed by atoms with Gasteiger partial charge in [0.25, 0.3) is 0 Å². The van der Waals surface area contributed by atoms with Gasteiger partial charge in [0.2, 0.25) is 11.8 Å². The van der Waals surface area contributed by atoms with Gasteiger partial charge in [-0.3, -0.25) is 14.4 Å². The predicted molar refractivity (Wildman–Crippen MR) is 181 cm³/mol. The molecule has 44 heavy (non-hydrogen) atoms. The Morgan fingerprint density at radius 2 is 1.14 bits per heavy atom. The molecule has 2 aliphatic rings. The zero-order chi connectivity index (χ0) is 33.4. The van der Waals surface area contributed by atoms with Crippen molar-refractivity contribution in [2.45, 2.75) is 131 Å². The molecule has 2 heterocycles. The Labute approximate surface area is 267 Å². The van der Waals surface area contributed by atoms with E-state index in [4.69, 9.17) is 9.47 Å². The van der Waals surface area contributed by atoms with Crippen LogP contribution in [0.5, 0.6) is 0 Å². The molecule has 2 rings (SSSR count). The largest absolute Gasteiger partial charge is 0.373 e. The average molecular weight is 613 g/mol. The van der Waals surface area contributed by atoms with Gasteiger partial charge in [0.1, 0.15) is 6.29 Å². The predicted octanol–water partition coefficient (Wildman–Crippen LogP) is 7.05. The first-order valence-electron chi connectivity index (χ1n) is 16.4. The maximum atomic E-state index is 11.9. The lowest BCUT2D eigenvalue weighted by molar-refractivity contribution is -0.124. The molecule has 2 saturated heterocycles. The second-order valence-electron chi connectivity index (χ2n) is 13.3. The molecule has 2 N–H and O–H groups in total. The van der Waals surface area contributed by atoms with Crippen LogP contribution in [-0.2, 0) is 23.9 Å². The summed E-state index contributed by atoms with van der Waals surface area (Å²) < 4.78 is 12.1. The molecule has 0 radical (unpaired) electrons. The summed E-state index contributed by atoms with van der Waals surface area (Å²) in [6.07, 6.45) is 17.7. The van der Waals surface area contributed by atoms with E-state index >= 15 is 0 Å². The number of nitrogens with one attached hydrogen (secondary N) is 2. The number of carbonyl (C=O) groups is 3. The molecule has 0 aromatic rings. The van der Waals surface area contributed by atoms with Crippen LogP contribution in [0, 0.1) is 23.7 Å². The molecule has 2 fully saturated rings. The third-order valence-electron chi connectivity index (χ3n) is 8.21. The van der Waals surface area contributed by atoms with E-state index in [0.717, 1.165) is 37.5 Å². The number of carbonyl (C=O) groups excluding carboxylic acids is 3. The van der Waals surface area contributed by atoms with Gasteiger partial charge in [0, 0.05) is 0 Å². The molecular weight excluding hydrogens is 552 g/mol. The summed E-state index contributed by atoms with van der Waals surface area (Å²) in [6.45, 7) is 24.2. The average Bonchev–Trinajstić information content (AvgIpc) is 2.96. The van der Waals surface area contributed by atoms with Gasteiger partial charge in [0.05, 0.1) is 36.5 Å². The molecule has 8 atom stereocenters. The van der Waals surface area contributed by atoms with Gasteiger partial charge in [-0.2, -0.15) is 0 Å². The summed E-state index contributed by atoms with van der Waals surface area (Å²) in [7, 11) is 0. The van der Waals surface area contributed by atoms with Crippen molar-refractivity contribution >= 4 is 18.1 Å². The Hall–Kier alpha value is -2.77. The van der Waals surface area contributed by atoms with Gasteiger partial charge in [0.15, 0.2) is 0 Å². The van der Waals surface area contributed by atoms with Crippen LogP contribution in [0.2, 0.25) is 0 Å². The topological polar surface area (TPSA) is 93.7 Å². The first-order valence-corrected chi connectivity index (χ1v) is 16.4. The van der Waals surface area contributed by atoms with E-state index in [1.165, 1.54) is 5.57 Å². The summed E-state index contributed by atoms with van der Waals surface area (Å²) >= 11 is 0. The zero-order valence-electron chi connectivity index (χ0n) is 29.0. The summed E-state index contributed by atoms with van der Waals surface area (Å²) in [5.41, 5.74) is 1.91. The first-order chi connectivity index (χ1) is 20.7. The highest BCUT2D eigenvalue weighted by Gasteiger charge is 2.34. The Morgan fingerprint density at radius 1 is 0.750 bits per heavy atom. The number of hydrogen-bond acceptors (Lipinski definition) is 5. The van der Waals surface area contributed by atoms with Gasteiger partial charge in [-0.05, 0) is 94.8 Å². The fraction of sp³-hybridized carbons (Fsp3) is 0.649. The van der Waals surface area contributed by atoms with Crippen LogP contribution in [0.3, 0.4) is 0 Å². The third-order valence-corrected chi connectivity index (χ3v) is 8.21. The lowest BCUT2D eigenvalue weighted by Gasteiger charge is -2.39. The monoisotopic (exact) mass is 612 g/mol. The van der Waals surface area contributed by atoms with Gasteiger partial charge in [-0.25, -0.2) is 0 Å². The Morgan fingerprint density at radius 3 is 1.48 bits per heavy atom. The summed E-state index contributed by atoms with van der Waals surface area (Å²) in [5, 5.41) is 6.10. The number of allylic oxidation sites excluding steroid dienone is 5. The second-order valence-corrected chi connectivity index (χ2v) is 13.3. The Bertz CT molecular complexity index is 958. The minimum absolute atomic E-state index is 0.0254. The maximum Gasteiger partial charge on any atom is 0.243 e. The Balaban J connectivity index is 0.000000440. The molecule has 0 aromatic heterocycles. The fourth-order valence-electron chi connectivity index (χ4n) is 5.18. The highest BCUT2D eigenvalue weighted by atomic mass is 16.5. The molecule has 7 heteroatoms. The van der Waals surface area contributed by atoms with E-state index in [0.29, 0.717) is 23.7 Å². The van der Waals surface area contributed by atoms with Crippen LogP contribution in [0.25, 0.3) is 0 Å². The highest BCUT2D eigenvalue weighted by Crippen LogP contribution is 2.29. The first kappa shape index (κ1) is 39.3. The summed E-state index contributed by atoms with van der Waals surface area (Å²) in [4.78, 5) is 34.5. The molecule has 0 saturated carbocycles. The van der Waals surface area contributed by atoms with Crippen LogP contribution in [-0.4, -0.2) is 54.6 Å². The highest BCUT2D eigenvalue weighted by molar-refractivity contribution is 5.88. The molecule has 0 aliphatic carbocycles. The molecule has 2 amide bonds. The van der Waals surface area contributed by atoms with Crippen LogP contribution in [0.4, 0.5) is 0 Å². The summed E-state index contributed by atoms with van der Waals surface area (Å²) in [6, 6.07) is 0.117. The van der Waals surface area contributed by atoms with E-state index in [9.17, 15) is 14.4 Å². The van der Waals surface area contributed by atoms with E-state index in [2.05, 4.69) is 51.0 Å². The van der Waals surface area contributed by atoms with Gasteiger partial charge >= 0.3 is 0 Å². The SMILES string of the molecule is C/C(C=O)=C\C[C@@H]1O[C@H](C)[C@H](NC(=O)/C=C\C(C)C)C[C@@H]1C.C=C/C(C)=C/C[C@@H]1O[C@H](C)[C@H](NC(=O)/C=C\C(C)C)C[C@@H]1C. The van der Waals surface area contributed by atoms with Crippen molar-refractivity contribution in [3.63, 3.8) is 0 Å². The van der Waals surface area contributed by atoms with Crippen LogP contribution >= 0.6 is 0 Å². The molecule has 248 valence electrons. The molecular formula is C37H60N2O5. The van der Waals surface area contributed by atoms with Crippen molar-refractivity contribution in [2.75, 3.05) is 0 Å². The number of amides is 2. The number of rotatable bonds is 12. The van der Waals surface area contributed by atoms with E-state index in [1.54, 1.807) is 19.1 Å². The van der Waals surface area contributed by atoms with Crippen LogP contribution in [0.1, 0.15) is 94.9 Å². The lowest BCUT2D eigenvalue weighted by Crippen LogP contribution is -2.50. The molecule has 0 aromatic carbocycles. The molecule has 0 bridgehead atoms. The Kier molecular flexibility index (Phi) is 18.1. The smallest absolute Gasteiger partial charge is 0.243 e. The van der Waals surface area contributed by atoms with Crippen LogP contribution in [0.15, 0.2) is 60.3 Å². The zero-order valence-corrected chi connectivity index (χ0v) is 29.0. The normalized spacial score (nSPS) is 29.8. The molecule has 2 aliphatic heterocycles. The third kappa shape index (κ3) is 15.3. The van der Waals surface area contributed by atoms with Crippen molar-refractivity contribution in [1.29, 1.82) is 0 Å². The summed E-state index contributed by atoms with van der Waals surface area (Å²) in [5.74, 6) is 1.42. The van der Waals surface area contributed by atoms with Crippen molar-refractivity contribution < 1.29 is 23.9 Å². The molecule has 0 unspecified atom stereocenters. The van der Waals surface area contributed by atoms with E-state index < -0.39 is 0 Å². The van der Waals surface area contributed by atoms with Gasteiger partial charge in [-0.1, -0.05) is 84.1 Å². The molecule has 7 nitrogen and oxygen atoms in total. The van der Waals surface area contributed by atoms with Crippen molar-refractivity contribution in [3.8, 4) is 0 Å². The maximum absolute atomic E-state index is 11.9. The lowest BCUT2D eigenvalue weighted by atomic mass is 9.88. The minimum atomic E-state index is -0.0588. The van der Waals surface area contributed by atoms with E-state index in [1.807, 2.05) is 58.9 Å². The number of hydrogen-bond donors (Lipinski definition) is 2.